The van der Waals surface area contributed by atoms with Gasteiger partial charge in [-0.2, -0.15) is 0 Å². The van der Waals surface area contributed by atoms with Gasteiger partial charge < -0.3 is 25.2 Å². The first-order valence-corrected chi connectivity index (χ1v) is 10.7. The molecule has 32 heavy (non-hydrogen) atoms. The Labute approximate surface area is 185 Å². The maximum atomic E-state index is 12.3. The average Bonchev–Trinajstić information content (AvgIpc) is 3.34. The summed E-state index contributed by atoms with van der Waals surface area (Å²) >= 11 is 0. The van der Waals surface area contributed by atoms with Crippen molar-refractivity contribution in [2.45, 2.75) is 31.3 Å². The lowest BCUT2D eigenvalue weighted by Crippen LogP contribution is -2.45. The molecule has 0 aromatic heterocycles. The lowest BCUT2D eigenvalue weighted by Gasteiger charge is -2.19. The van der Waals surface area contributed by atoms with E-state index in [1.165, 1.54) is 0 Å². The molecule has 2 aromatic rings. The number of amides is 2. The third kappa shape index (κ3) is 4.60. The molecule has 2 aliphatic rings. The molecule has 4 rings (SSSR count). The molecule has 0 saturated carbocycles. The third-order valence-electron chi connectivity index (χ3n) is 5.94. The number of carboxylic acid groups (broad SMARTS) is 1. The fraction of sp³-hybridized carbons (Fsp3) is 0.375. The maximum Gasteiger partial charge on any atom is 0.407 e. The molecule has 8 nitrogen and oxygen atoms in total. The molecule has 3 N–H and O–H groups in total. The summed E-state index contributed by atoms with van der Waals surface area (Å²) in [5.41, 5.74) is 4.55. The van der Waals surface area contributed by atoms with E-state index in [9.17, 15) is 14.4 Å². The van der Waals surface area contributed by atoms with Crippen LogP contribution in [0.5, 0.6) is 0 Å². The molecule has 8 heteroatoms. The van der Waals surface area contributed by atoms with E-state index >= 15 is 0 Å². The number of ether oxygens (including phenoxy) is 2. The third-order valence-corrected chi connectivity index (χ3v) is 5.94. The quantitative estimate of drug-likeness (QED) is 0.612. The van der Waals surface area contributed by atoms with Crippen LogP contribution in [0, 0.1) is 5.92 Å². The standard InChI is InChI=1S/C24H26N2O6/c1-14(10-22(27)26-21-13-31-11-20(21)23(28)29)25-24(30)32-12-19-17-8-4-2-6-15(17)16-7-3-5-9-18(16)19/h2-9,14,19-21H,10-13H2,1H3,(H,25,30)(H,26,27)(H,28,29). The van der Waals surface area contributed by atoms with Crippen molar-refractivity contribution in [1.29, 1.82) is 0 Å². The molecule has 2 amide bonds. The fourth-order valence-electron chi connectivity index (χ4n) is 4.38. The zero-order valence-corrected chi connectivity index (χ0v) is 17.7. The van der Waals surface area contributed by atoms with Gasteiger partial charge in [-0.15, -0.1) is 0 Å². The first kappa shape index (κ1) is 21.8. The number of carboxylic acids is 1. The summed E-state index contributed by atoms with van der Waals surface area (Å²) in [5, 5.41) is 14.5. The van der Waals surface area contributed by atoms with Crippen molar-refractivity contribution in [3.05, 3.63) is 59.7 Å². The predicted molar refractivity (Wildman–Crippen MR) is 116 cm³/mol. The smallest absolute Gasteiger partial charge is 0.407 e. The van der Waals surface area contributed by atoms with Gasteiger partial charge in [0, 0.05) is 18.4 Å². The summed E-state index contributed by atoms with van der Waals surface area (Å²) < 4.78 is 10.6. The van der Waals surface area contributed by atoms with E-state index < -0.39 is 30.1 Å². The maximum absolute atomic E-state index is 12.3. The van der Waals surface area contributed by atoms with Gasteiger partial charge >= 0.3 is 12.1 Å². The number of hydrogen-bond donors (Lipinski definition) is 3. The number of nitrogens with one attached hydrogen (secondary N) is 2. The van der Waals surface area contributed by atoms with Crippen molar-refractivity contribution in [3.8, 4) is 11.1 Å². The van der Waals surface area contributed by atoms with Crippen molar-refractivity contribution in [1.82, 2.24) is 10.6 Å². The molecule has 1 aliphatic carbocycles. The van der Waals surface area contributed by atoms with Crippen molar-refractivity contribution in [2.75, 3.05) is 19.8 Å². The summed E-state index contributed by atoms with van der Waals surface area (Å²) in [4.78, 5) is 35.8. The number of aliphatic carboxylic acids is 1. The molecular formula is C24H26N2O6. The highest BCUT2D eigenvalue weighted by Crippen LogP contribution is 2.44. The fourth-order valence-corrected chi connectivity index (χ4v) is 4.38. The second-order valence-corrected chi connectivity index (χ2v) is 8.23. The van der Waals surface area contributed by atoms with Gasteiger partial charge in [-0.25, -0.2) is 4.79 Å². The average molecular weight is 438 g/mol. The molecule has 0 spiro atoms. The van der Waals surface area contributed by atoms with Gasteiger partial charge in [-0.1, -0.05) is 48.5 Å². The van der Waals surface area contributed by atoms with Gasteiger partial charge in [0.1, 0.15) is 12.5 Å². The first-order chi connectivity index (χ1) is 15.4. The minimum Gasteiger partial charge on any atom is -0.481 e. The number of alkyl carbamates (subject to hydrolysis) is 1. The number of fused-ring (bicyclic) bond motifs is 3. The van der Waals surface area contributed by atoms with Crippen LogP contribution in [0.15, 0.2) is 48.5 Å². The van der Waals surface area contributed by atoms with Crippen molar-refractivity contribution < 1.29 is 29.0 Å². The van der Waals surface area contributed by atoms with Gasteiger partial charge in [0.05, 0.1) is 19.3 Å². The number of hydrogen-bond acceptors (Lipinski definition) is 5. The normalized spacial score (nSPS) is 20.2. The van der Waals surface area contributed by atoms with Crippen LogP contribution in [0.3, 0.4) is 0 Å². The summed E-state index contributed by atoms with van der Waals surface area (Å²) in [5.74, 6) is -2.15. The van der Waals surface area contributed by atoms with Gasteiger partial charge in [0.15, 0.2) is 0 Å². The van der Waals surface area contributed by atoms with Crippen LogP contribution in [0.1, 0.15) is 30.4 Å². The highest BCUT2D eigenvalue weighted by atomic mass is 16.5. The van der Waals surface area contributed by atoms with E-state index in [1.807, 2.05) is 36.4 Å². The van der Waals surface area contributed by atoms with Crippen molar-refractivity contribution in [3.63, 3.8) is 0 Å². The zero-order chi connectivity index (χ0) is 22.7. The topological polar surface area (TPSA) is 114 Å². The van der Waals surface area contributed by atoms with Crippen molar-refractivity contribution >= 4 is 18.0 Å². The van der Waals surface area contributed by atoms with Gasteiger partial charge in [0.25, 0.3) is 0 Å². The second-order valence-electron chi connectivity index (χ2n) is 8.23. The molecule has 1 aliphatic heterocycles. The molecule has 0 bridgehead atoms. The Kier molecular flexibility index (Phi) is 6.41. The number of rotatable bonds is 7. The summed E-state index contributed by atoms with van der Waals surface area (Å²) in [6.07, 6.45) is -0.590. The van der Waals surface area contributed by atoms with E-state index in [0.29, 0.717) is 0 Å². The molecule has 0 radical (unpaired) electrons. The van der Waals surface area contributed by atoms with Crippen LogP contribution < -0.4 is 10.6 Å². The van der Waals surface area contributed by atoms with Gasteiger partial charge in [-0.3, -0.25) is 9.59 Å². The molecule has 3 unspecified atom stereocenters. The molecular weight excluding hydrogens is 412 g/mol. The van der Waals surface area contributed by atoms with Crippen LogP contribution in [0.25, 0.3) is 11.1 Å². The lowest BCUT2D eigenvalue weighted by atomic mass is 9.98. The minimum absolute atomic E-state index is 0.00698. The van der Waals surface area contributed by atoms with Crippen LogP contribution in [-0.4, -0.2) is 55.0 Å². The monoisotopic (exact) mass is 438 g/mol. The molecule has 3 atom stereocenters. The number of carbonyl (C=O) groups is 3. The Bertz CT molecular complexity index is 978. The van der Waals surface area contributed by atoms with E-state index in [0.717, 1.165) is 22.3 Å². The van der Waals surface area contributed by atoms with E-state index in [4.69, 9.17) is 14.6 Å². The highest BCUT2D eigenvalue weighted by Gasteiger charge is 2.35. The molecule has 1 heterocycles. The summed E-state index contributed by atoms with van der Waals surface area (Å²) in [6.45, 7) is 2.13. The van der Waals surface area contributed by atoms with E-state index in [-0.39, 0.29) is 38.1 Å². The second kappa shape index (κ2) is 9.40. The molecule has 2 aromatic carbocycles. The molecule has 1 fully saturated rings. The van der Waals surface area contributed by atoms with Gasteiger partial charge in [0.2, 0.25) is 5.91 Å². The predicted octanol–water partition coefficient (Wildman–Crippen LogP) is 2.52. The Morgan fingerprint density at radius 1 is 1.06 bits per heavy atom. The Morgan fingerprint density at radius 2 is 1.69 bits per heavy atom. The summed E-state index contributed by atoms with van der Waals surface area (Å²) in [7, 11) is 0. The van der Waals surface area contributed by atoms with Gasteiger partial charge in [-0.05, 0) is 29.2 Å². The summed E-state index contributed by atoms with van der Waals surface area (Å²) in [6, 6.07) is 15.1. The number of carbonyl (C=O) groups excluding carboxylic acids is 2. The van der Waals surface area contributed by atoms with Crippen molar-refractivity contribution in [2.24, 2.45) is 5.92 Å². The van der Waals surface area contributed by atoms with Crippen LogP contribution in [-0.2, 0) is 19.1 Å². The lowest BCUT2D eigenvalue weighted by molar-refractivity contribution is -0.142. The largest absolute Gasteiger partial charge is 0.481 e. The SMILES string of the molecule is CC(CC(=O)NC1COCC1C(=O)O)NC(=O)OCC1c2ccccc2-c2ccccc21. The van der Waals surface area contributed by atoms with E-state index in [2.05, 4.69) is 22.8 Å². The number of benzene rings is 2. The van der Waals surface area contributed by atoms with Crippen LogP contribution >= 0.6 is 0 Å². The molecule has 1 saturated heterocycles. The van der Waals surface area contributed by atoms with E-state index in [1.54, 1.807) is 6.92 Å². The zero-order valence-electron chi connectivity index (χ0n) is 17.7. The first-order valence-electron chi connectivity index (χ1n) is 10.7. The Balaban J connectivity index is 1.28. The van der Waals surface area contributed by atoms with Crippen LogP contribution in [0.2, 0.25) is 0 Å². The van der Waals surface area contributed by atoms with Crippen LogP contribution in [0.4, 0.5) is 4.79 Å². The molecule has 168 valence electrons. The minimum atomic E-state index is -1.00. The highest BCUT2D eigenvalue weighted by molar-refractivity contribution is 5.80. The Morgan fingerprint density at radius 3 is 2.31 bits per heavy atom. The Hall–Kier alpha value is -3.39.